The predicted molar refractivity (Wildman–Crippen MR) is 141 cm³/mol. The summed E-state index contributed by atoms with van der Waals surface area (Å²) in [4.78, 5) is 14.6. The maximum atomic E-state index is 12.4. The van der Waals surface area contributed by atoms with Gasteiger partial charge >= 0.3 is 0 Å². The van der Waals surface area contributed by atoms with E-state index in [1.807, 2.05) is 37.4 Å². The van der Waals surface area contributed by atoms with Crippen LogP contribution in [0.3, 0.4) is 0 Å². The van der Waals surface area contributed by atoms with Gasteiger partial charge in [-0.1, -0.05) is 49.4 Å². The number of amidine groups is 1. The van der Waals surface area contributed by atoms with Gasteiger partial charge in [0, 0.05) is 18.1 Å². The maximum absolute atomic E-state index is 12.4. The molecule has 35 heavy (non-hydrogen) atoms. The van der Waals surface area contributed by atoms with Gasteiger partial charge in [0.15, 0.2) is 5.17 Å². The van der Waals surface area contributed by atoms with Gasteiger partial charge in [0.2, 0.25) is 5.91 Å². The summed E-state index contributed by atoms with van der Waals surface area (Å²) in [5.41, 5.74) is 10.1. The fraction of sp³-hybridized carbons (Fsp3) is 0.385. The Bertz CT molecular complexity index is 1110. The lowest BCUT2D eigenvalue weighted by molar-refractivity contribution is -0.113. The summed E-state index contributed by atoms with van der Waals surface area (Å²) >= 11 is 1.44. The molecule has 9 heteroatoms. The lowest BCUT2D eigenvalue weighted by Crippen LogP contribution is -2.54. The Morgan fingerprint density at radius 2 is 2.09 bits per heavy atom. The first-order valence-electron chi connectivity index (χ1n) is 12.2. The van der Waals surface area contributed by atoms with Crippen LogP contribution < -0.4 is 20.9 Å². The molecule has 2 aromatic carbocycles. The second kappa shape index (κ2) is 10.6. The normalized spacial score (nSPS) is 22.3. The monoisotopic (exact) mass is 492 g/mol. The molecule has 184 valence electrons. The summed E-state index contributed by atoms with van der Waals surface area (Å²) in [6, 6.07) is 16.6. The SMILES string of the molecule is CCCCOc1ccc(C2CC3C4NN=C(SCC(=O)Nc5cccc(C)c5)N4C=CN3N2)cc1. The zero-order valence-electron chi connectivity index (χ0n) is 20.1. The average Bonchev–Trinajstić information content (AvgIpc) is 3.47. The molecule has 3 atom stereocenters. The van der Waals surface area contributed by atoms with Gasteiger partial charge < -0.3 is 20.0 Å². The first kappa shape index (κ1) is 23.6. The molecule has 0 spiro atoms. The summed E-state index contributed by atoms with van der Waals surface area (Å²) in [5, 5.41) is 10.5. The van der Waals surface area contributed by atoms with Crippen molar-refractivity contribution >= 4 is 28.5 Å². The average molecular weight is 493 g/mol. The number of nitrogens with zero attached hydrogens (tertiary/aromatic N) is 3. The number of rotatable bonds is 8. The Kier molecular flexibility index (Phi) is 7.15. The highest BCUT2D eigenvalue weighted by atomic mass is 32.2. The second-order valence-corrected chi connectivity index (χ2v) is 9.99. The molecule has 0 saturated carbocycles. The molecular formula is C26H32N6O2S. The Morgan fingerprint density at radius 3 is 2.89 bits per heavy atom. The molecule has 0 radical (unpaired) electrons. The molecule has 1 fully saturated rings. The molecule has 3 unspecified atom stereocenters. The molecule has 3 N–H and O–H groups in total. The molecule has 5 rings (SSSR count). The molecule has 3 heterocycles. The van der Waals surface area contributed by atoms with Crippen LogP contribution in [0.25, 0.3) is 0 Å². The van der Waals surface area contributed by atoms with E-state index in [0.717, 1.165) is 48.0 Å². The summed E-state index contributed by atoms with van der Waals surface area (Å²) in [5.74, 6) is 1.18. The standard InChI is InChI=1S/C26H32N6O2S/c1-3-4-14-34-21-10-8-19(9-11-21)22-16-23-25-28-29-26(31(25)12-13-32(23)30-22)35-17-24(33)27-20-7-5-6-18(2)15-20/h5-13,15,22-23,25,28,30H,3-4,14,16-17H2,1-2H3,(H,27,33). The number of fused-ring (bicyclic) bond motifs is 3. The largest absolute Gasteiger partial charge is 0.494 e. The predicted octanol–water partition coefficient (Wildman–Crippen LogP) is 4.15. The number of hydrazine groups is 1. The van der Waals surface area contributed by atoms with E-state index in [2.05, 4.69) is 68.6 Å². The minimum absolute atomic E-state index is 0.0245. The van der Waals surface area contributed by atoms with Crippen LogP contribution in [-0.2, 0) is 4.79 Å². The quantitative estimate of drug-likeness (QED) is 0.478. The van der Waals surface area contributed by atoms with Crippen LogP contribution in [0.5, 0.6) is 5.75 Å². The van der Waals surface area contributed by atoms with Crippen molar-refractivity contribution in [3.63, 3.8) is 0 Å². The summed E-state index contributed by atoms with van der Waals surface area (Å²) in [7, 11) is 0. The third-order valence-electron chi connectivity index (χ3n) is 6.39. The summed E-state index contributed by atoms with van der Waals surface area (Å²) in [6.45, 7) is 4.93. The van der Waals surface area contributed by atoms with E-state index in [1.165, 1.54) is 17.3 Å². The van der Waals surface area contributed by atoms with Crippen molar-refractivity contribution in [1.29, 1.82) is 0 Å². The molecule has 3 aliphatic rings. The summed E-state index contributed by atoms with van der Waals surface area (Å²) < 4.78 is 5.80. The number of aryl methyl sites for hydroxylation is 1. The molecule has 8 nitrogen and oxygen atoms in total. The van der Waals surface area contributed by atoms with Crippen molar-refractivity contribution in [2.24, 2.45) is 5.10 Å². The Morgan fingerprint density at radius 1 is 1.23 bits per heavy atom. The number of amides is 1. The van der Waals surface area contributed by atoms with Gasteiger partial charge in [-0.3, -0.25) is 10.2 Å². The lowest BCUT2D eigenvalue weighted by Gasteiger charge is -2.36. The molecule has 3 aliphatic heterocycles. The maximum Gasteiger partial charge on any atom is 0.234 e. The number of hydrogen-bond acceptors (Lipinski definition) is 8. The zero-order valence-corrected chi connectivity index (χ0v) is 20.9. The number of ether oxygens (including phenoxy) is 1. The van der Waals surface area contributed by atoms with E-state index in [1.54, 1.807) is 0 Å². The van der Waals surface area contributed by atoms with Gasteiger partial charge in [0.25, 0.3) is 0 Å². The number of anilines is 1. The number of nitrogens with one attached hydrogen (secondary N) is 3. The number of hydrazone groups is 1. The van der Waals surface area contributed by atoms with Gasteiger partial charge in [-0.25, -0.2) is 5.43 Å². The Labute approximate surface area is 210 Å². The van der Waals surface area contributed by atoms with Crippen molar-refractivity contribution < 1.29 is 9.53 Å². The van der Waals surface area contributed by atoms with Crippen LogP contribution in [0.15, 0.2) is 66.0 Å². The molecule has 0 aromatic heterocycles. The fourth-order valence-corrected chi connectivity index (χ4v) is 5.32. The van der Waals surface area contributed by atoms with Gasteiger partial charge in [-0.05, 0) is 55.2 Å². The lowest BCUT2D eigenvalue weighted by atomic mass is 10.00. The minimum atomic E-state index is -0.0425. The topological polar surface area (TPSA) is 81.2 Å². The summed E-state index contributed by atoms with van der Waals surface area (Å²) in [6.07, 6.45) is 7.24. The highest BCUT2D eigenvalue weighted by Gasteiger charge is 2.44. The van der Waals surface area contributed by atoms with Crippen molar-refractivity contribution in [1.82, 2.24) is 20.8 Å². The number of carbonyl (C=O) groups excluding carboxylic acids is 1. The van der Waals surface area contributed by atoms with E-state index < -0.39 is 0 Å². The van der Waals surface area contributed by atoms with Crippen LogP contribution in [0, 0.1) is 6.92 Å². The zero-order chi connectivity index (χ0) is 24.2. The Hall–Kier alpha value is -3.17. The van der Waals surface area contributed by atoms with Crippen molar-refractivity contribution in [3.8, 4) is 5.75 Å². The van der Waals surface area contributed by atoms with Crippen LogP contribution in [0.2, 0.25) is 0 Å². The molecule has 1 saturated heterocycles. The minimum Gasteiger partial charge on any atom is -0.494 e. The van der Waals surface area contributed by atoms with E-state index >= 15 is 0 Å². The van der Waals surface area contributed by atoms with E-state index in [-0.39, 0.29) is 24.2 Å². The van der Waals surface area contributed by atoms with Gasteiger partial charge in [-0.2, -0.15) is 5.10 Å². The number of carbonyl (C=O) groups is 1. The number of unbranched alkanes of at least 4 members (excludes halogenated alkanes) is 1. The van der Waals surface area contributed by atoms with Gasteiger partial charge in [-0.15, -0.1) is 0 Å². The van der Waals surface area contributed by atoms with Crippen LogP contribution >= 0.6 is 11.8 Å². The highest BCUT2D eigenvalue weighted by molar-refractivity contribution is 8.14. The van der Waals surface area contributed by atoms with Crippen LogP contribution in [-0.4, -0.2) is 45.6 Å². The van der Waals surface area contributed by atoms with Crippen LogP contribution in [0.1, 0.15) is 43.4 Å². The molecule has 0 aliphatic carbocycles. The van der Waals surface area contributed by atoms with E-state index in [4.69, 9.17) is 4.74 Å². The molecular weight excluding hydrogens is 460 g/mol. The molecule has 1 amide bonds. The molecule has 0 bridgehead atoms. The fourth-order valence-electron chi connectivity index (χ4n) is 4.55. The van der Waals surface area contributed by atoms with Crippen LogP contribution in [0.4, 0.5) is 5.69 Å². The van der Waals surface area contributed by atoms with Crippen molar-refractivity contribution in [2.75, 3.05) is 17.7 Å². The van der Waals surface area contributed by atoms with Gasteiger partial charge in [0.1, 0.15) is 11.9 Å². The van der Waals surface area contributed by atoms with Crippen molar-refractivity contribution in [3.05, 3.63) is 72.1 Å². The first-order chi connectivity index (χ1) is 17.1. The van der Waals surface area contributed by atoms with Crippen molar-refractivity contribution in [2.45, 2.75) is 51.4 Å². The third-order valence-corrected chi connectivity index (χ3v) is 7.35. The molecule has 2 aromatic rings. The third kappa shape index (κ3) is 5.41. The first-order valence-corrected chi connectivity index (χ1v) is 13.2. The number of benzene rings is 2. The second-order valence-electron chi connectivity index (χ2n) is 9.04. The van der Waals surface area contributed by atoms with E-state index in [0.29, 0.717) is 5.75 Å². The number of hydrogen-bond donors (Lipinski definition) is 3. The highest BCUT2D eigenvalue weighted by Crippen LogP contribution is 2.35. The number of thioether (sulfide) groups is 1. The van der Waals surface area contributed by atoms with Gasteiger partial charge in [0.05, 0.1) is 24.4 Å². The Balaban J connectivity index is 1.14. The van der Waals surface area contributed by atoms with E-state index in [9.17, 15) is 4.79 Å². The smallest absolute Gasteiger partial charge is 0.234 e.